The number of ether oxygens (including phenoxy) is 1. The van der Waals surface area contributed by atoms with Crippen molar-refractivity contribution in [2.45, 2.75) is 26.4 Å². The number of rotatable bonds is 6. The number of hydrogen-bond acceptors (Lipinski definition) is 4. The molecule has 1 aromatic heterocycles. The molecule has 8 heteroatoms. The summed E-state index contributed by atoms with van der Waals surface area (Å²) < 4.78 is 21.2. The molecule has 1 heterocycles. The lowest BCUT2D eigenvalue weighted by Gasteiger charge is -2.13. The van der Waals surface area contributed by atoms with Crippen LogP contribution in [0.4, 0.5) is 4.39 Å². The SMILES string of the molecule is CC(C)c1nc2ccc(Br)cc2c(=O)n1N=Cc1cc(Cl)ccc1OCc1ccc(F)cc1. The average molecular weight is 529 g/mol. The van der Waals surface area contributed by atoms with Gasteiger partial charge in [-0.2, -0.15) is 9.78 Å². The van der Waals surface area contributed by atoms with Crippen LogP contribution in [0.15, 0.2) is 75.0 Å². The summed E-state index contributed by atoms with van der Waals surface area (Å²) in [4.78, 5) is 17.9. The second kappa shape index (κ2) is 9.85. The minimum Gasteiger partial charge on any atom is -0.488 e. The van der Waals surface area contributed by atoms with Crippen molar-refractivity contribution in [1.82, 2.24) is 9.66 Å². The first-order chi connectivity index (χ1) is 15.8. The summed E-state index contributed by atoms with van der Waals surface area (Å²) in [5.74, 6) is 0.738. The van der Waals surface area contributed by atoms with Crippen LogP contribution < -0.4 is 10.3 Å². The Balaban J connectivity index is 1.72. The summed E-state index contributed by atoms with van der Waals surface area (Å²) in [6.45, 7) is 4.15. The van der Waals surface area contributed by atoms with Crippen LogP contribution in [0.3, 0.4) is 0 Å². The zero-order chi connectivity index (χ0) is 23.5. The van der Waals surface area contributed by atoms with E-state index in [-0.39, 0.29) is 23.9 Å². The van der Waals surface area contributed by atoms with E-state index in [0.717, 1.165) is 10.0 Å². The van der Waals surface area contributed by atoms with Gasteiger partial charge in [-0.05, 0) is 54.1 Å². The van der Waals surface area contributed by atoms with E-state index < -0.39 is 0 Å². The van der Waals surface area contributed by atoms with E-state index in [2.05, 4.69) is 26.0 Å². The van der Waals surface area contributed by atoms with Gasteiger partial charge in [-0.3, -0.25) is 4.79 Å². The summed E-state index contributed by atoms with van der Waals surface area (Å²) in [6.07, 6.45) is 1.53. The molecular weight excluding hydrogens is 509 g/mol. The Morgan fingerprint density at radius 1 is 1.15 bits per heavy atom. The number of aromatic nitrogens is 2. The van der Waals surface area contributed by atoms with Crippen LogP contribution in [0, 0.1) is 5.82 Å². The number of halogens is 3. The zero-order valence-corrected chi connectivity index (χ0v) is 20.3. The van der Waals surface area contributed by atoms with Gasteiger partial charge in [-0.1, -0.05) is 53.5 Å². The molecule has 4 rings (SSSR count). The molecule has 3 aromatic carbocycles. The van der Waals surface area contributed by atoms with Gasteiger partial charge in [0.2, 0.25) is 0 Å². The summed E-state index contributed by atoms with van der Waals surface area (Å²) in [5, 5.41) is 5.42. The average Bonchev–Trinajstić information content (AvgIpc) is 2.79. The van der Waals surface area contributed by atoms with Gasteiger partial charge >= 0.3 is 0 Å². The maximum atomic E-state index is 13.2. The lowest BCUT2D eigenvalue weighted by Crippen LogP contribution is -2.23. The van der Waals surface area contributed by atoms with Crippen LogP contribution in [0.5, 0.6) is 5.75 Å². The molecule has 0 spiro atoms. The van der Waals surface area contributed by atoms with Gasteiger partial charge in [0.15, 0.2) is 0 Å². The van der Waals surface area contributed by atoms with Crippen molar-refractivity contribution in [1.29, 1.82) is 0 Å². The van der Waals surface area contributed by atoms with Crippen LogP contribution in [-0.2, 0) is 6.61 Å². The number of hydrogen-bond donors (Lipinski definition) is 0. The van der Waals surface area contributed by atoms with Crippen molar-refractivity contribution in [3.63, 3.8) is 0 Å². The molecule has 0 amide bonds. The van der Waals surface area contributed by atoms with Crippen molar-refractivity contribution < 1.29 is 9.13 Å². The van der Waals surface area contributed by atoms with Gasteiger partial charge in [0, 0.05) is 21.0 Å². The fourth-order valence-corrected chi connectivity index (χ4v) is 3.81. The molecule has 0 atom stereocenters. The van der Waals surface area contributed by atoms with Gasteiger partial charge in [0.25, 0.3) is 5.56 Å². The number of nitrogens with zero attached hydrogens (tertiary/aromatic N) is 3. The van der Waals surface area contributed by atoms with Crippen LogP contribution in [0.1, 0.15) is 36.7 Å². The molecule has 5 nitrogen and oxygen atoms in total. The zero-order valence-electron chi connectivity index (χ0n) is 17.9. The van der Waals surface area contributed by atoms with Crippen molar-refractivity contribution >= 4 is 44.6 Å². The molecule has 33 heavy (non-hydrogen) atoms. The third kappa shape index (κ3) is 5.31. The molecule has 0 fully saturated rings. The summed E-state index contributed by atoms with van der Waals surface area (Å²) in [6, 6.07) is 16.6. The molecule has 0 saturated heterocycles. The van der Waals surface area contributed by atoms with E-state index in [1.165, 1.54) is 23.0 Å². The van der Waals surface area contributed by atoms with Gasteiger partial charge < -0.3 is 4.74 Å². The topological polar surface area (TPSA) is 56.5 Å². The minimum absolute atomic E-state index is 0.0311. The van der Waals surface area contributed by atoms with Crippen LogP contribution in [-0.4, -0.2) is 15.9 Å². The van der Waals surface area contributed by atoms with E-state index in [0.29, 0.717) is 33.1 Å². The Morgan fingerprint density at radius 2 is 1.91 bits per heavy atom. The van der Waals surface area contributed by atoms with Gasteiger partial charge in [-0.25, -0.2) is 9.37 Å². The maximum absolute atomic E-state index is 13.2. The molecule has 0 aliphatic rings. The molecular formula is C25H20BrClFN3O2. The second-order valence-electron chi connectivity index (χ2n) is 7.74. The normalized spacial score (nSPS) is 11.6. The summed E-state index contributed by atoms with van der Waals surface area (Å²) in [5.41, 5.74) is 1.76. The third-order valence-corrected chi connectivity index (χ3v) is 5.67. The van der Waals surface area contributed by atoms with Crippen LogP contribution >= 0.6 is 27.5 Å². The fourth-order valence-electron chi connectivity index (χ4n) is 3.26. The summed E-state index contributed by atoms with van der Waals surface area (Å²) in [7, 11) is 0. The lowest BCUT2D eigenvalue weighted by molar-refractivity contribution is 0.305. The molecule has 0 bridgehead atoms. The van der Waals surface area contributed by atoms with Crippen LogP contribution in [0.2, 0.25) is 5.02 Å². The smallest absolute Gasteiger partial charge is 0.282 e. The first kappa shape index (κ1) is 23.1. The van der Waals surface area contributed by atoms with Crippen molar-refractivity contribution in [2.75, 3.05) is 0 Å². The molecule has 0 unspecified atom stereocenters. The van der Waals surface area contributed by atoms with E-state index in [4.69, 9.17) is 16.3 Å². The maximum Gasteiger partial charge on any atom is 0.282 e. The molecule has 0 aliphatic heterocycles. The van der Waals surface area contributed by atoms with Gasteiger partial charge in [-0.15, -0.1) is 0 Å². The highest BCUT2D eigenvalue weighted by atomic mass is 79.9. The highest BCUT2D eigenvalue weighted by Crippen LogP contribution is 2.23. The predicted molar refractivity (Wildman–Crippen MR) is 133 cm³/mol. The fraction of sp³-hybridized carbons (Fsp3) is 0.160. The standard InChI is InChI=1S/C25H20BrClFN3O2/c1-15(2)24-30-22-9-5-18(26)12-21(22)25(32)31(24)29-13-17-11-19(27)6-10-23(17)33-14-16-3-7-20(28)8-4-16/h3-13,15H,14H2,1-2H3. The van der Waals surface area contributed by atoms with E-state index >= 15 is 0 Å². The molecule has 0 N–H and O–H groups in total. The molecule has 0 aliphatic carbocycles. The third-order valence-electron chi connectivity index (χ3n) is 4.94. The molecule has 0 radical (unpaired) electrons. The van der Waals surface area contributed by atoms with Crippen molar-refractivity contribution in [3.8, 4) is 5.75 Å². The number of fused-ring (bicyclic) bond motifs is 1. The Morgan fingerprint density at radius 3 is 2.64 bits per heavy atom. The Bertz CT molecular complexity index is 1400. The van der Waals surface area contributed by atoms with E-state index in [1.807, 2.05) is 19.9 Å². The lowest BCUT2D eigenvalue weighted by atomic mass is 10.2. The van der Waals surface area contributed by atoms with Crippen LogP contribution in [0.25, 0.3) is 10.9 Å². The molecule has 4 aromatic rings. The van der Waals surface area contributed by atoms with E-state index in [9.17, 15) is 9.18 Å². The van der Waals surface area contributed by atoms with Gasteiger partial charge in [0.05, 0.1) is 17.1 Å². The van der Waals surface area contributed by atoms with Crippen molar-refractivity contribution in [3.05, 3.63) is 103 Å². The first-order valence-corrected chi connectivity index (χ1v) is 11.4. The highest BCUT2D eigenvalue weighted by Gasteiger charge is 2.14. The largest absolute Gasteiger partial charge is 0.488 e. The number of benzene rings is 3. The Hall–Kier alpha value is -3.03. The summed E-state index contributed by atoms with van der Waals surface area (Å²) >= 11 is 9.60. The van der Waals surface area contributed by atoms with Gasteiger partial charge in [0.1, 0.15) is 24.0 Å². The predicted octanol–water partition coefficient (Wildman–Crippen LogP) is 6.54. The van der Waals surface area contributed by atoms with E-state index in [1.54, 1.807) is 42.5 Å². The first-order valence-electron chi connectivity index (χ1n) is 10.2. The quantitative estimate of drug-likeness (QED) is 0.267. The Kier molecular flexibility index (Phi) is 6.91. The molecule has 0 saturated carbocycles. The minimum atomic E-state index is -0.305. The highest BCUT2D eigenvalue weighted by molar-refractivity contribution is 9.10. The Labute approximate surface area is 203 Å². The van der Waals surface area contributed by atoms with Crippen molar-refractivity contribution in [2.24, 2.45) is 5.10 Å². The second-order valence-corrected chi connectivity index (χ2v) is 9.10. The molecule has 168 valence electrons. The monoisotopic (exact) mass is 527 g/mol.